The SMILES string of the molecule is CCN(CC)CCNC(=O)c1ccc(-c2ccc(N3CCCC3)nn2)cc1. The second-order valence-corrected chi connectivity index (χ2v) is 6.83. The lowest BCUT2D eigenvalue weighted by Crippen LogP contribution is -2.34. The minimum absolute atomic E-state index is 0.0378. The third kappa shape index (κ3) is 5.04. The predicted octanol–water partition coefficient (Wildman–Crippen LogP) is 2.82. The maximum atomic E-state index is 12.3. The number of carbonyl (C=O) groups excluding carboxylic acids is 1. The van der Waals surface area contributed by atoms with Gasteiger partial charge in [-0.15, -0.1) is 10.2 Å². The molecular formula is C21H29N5O. The number of carbonyl (C=O) groups is 1. The van der Waals surface area contributed by atoms with Gasteiger partial charge in [-0.3, -0.25) is 4.79 Å². The average Bonchev–Trinajstić information content (AvgIpc) is 3.26. The molecule has 1 amide bonds. The fraction of sp³-hybridized carbons (Fsp3) is 0.476. The van der Waals surface area contributed by atoms with Crippen LogP contribution in [-0.2, 0) is 0 Å². The van der Waals surface area contributed by atoms with E-state index in [0.29, 0.717) is 12.1 Å². The summed E-state index contributed by atoms with van der Waals surface area (Å²) in [6, 6.07) is 11.6. The van der Waals surface area contributed by atoms with Crippen molar-refractivity contribution < 1.29 is 4.79 Å². The Morgan fingerprint density at radius 1 is 1.04 bits per heavy atom. The molecule has 2 heterocycles. The fourth-order valence-electron chi connectivity index (χ4n) is 3.36. The van der Waals surface area contributed by atoms with E-state index in [1.807, 2.05) is 36.4 Å². The van der Waals surface area contributed by atoms with Crippen molar-refractivity contribution in [2.45, 2.75) is 26.7 Å². The molecule has 1 aliphatic heterocycles. The lowest BCUT2D eigenvalue weighted by Gasteiger charge is -2.18. The van der Waals surface area contributed by atoms with E-state index in [-0.39, 0.29) is 5.91 Å². The third-order valence-electron chi connectivity index (χ3n) is 5.13. The van der Waals surface area contributed by atoms with Gasteiger partial charge in [0.2, 0.25) is 0 Å². The standard InChI is InChI=1S/C21H29N5O/c1-3-25(4-2)16-13-22-21(27)18-9-7-17(8-10-18)19-11-12-20(24-23-19)26-14-5-6-15-26/h7-12H,3-6,13-16H2,1-2H3,(H,22,27). The van der Waals surface area contributed by atoms with E-state index >= 15 is 0 Å². The lowest BCUT2D eigenvalue weighted by molar-refractivity contribution is 0.0949. The largest absolute Gasteiger partial charge is 0.355 e. The zero-order valence-corrected chi connectivity index (χ0v) is 16.3. The van der Waals surface area contributed by atoms with Crippen LogP contribution >= 0.6 is 0 Å². The van der Waals surface area contributed by atoms with E-state index in [1.54, 1.807) is 0 Å². The molecule has 0 unspecified atom stereocenters. The Kier molecular flexibility index (Phi) is 6.76. The molecule has 3 rings (SSSR count). The lowest BCUT2D eigenvalue weighted by atomic mass is 10.1. The number of nitrogens with zero attached hydrogens (tertiary/aromatic N) is 4. The van der Waals surface area contributed by atoms with Crippen LogP contribution in [0.3, 0.4) is 0 Å². The van der Waals surface area contributed by atoms with E-state index in [2.05, 4.69) is 39.2 Å². The molecule has 2 aromatic rings. The Balaban J connectivity index is 1.57. The Morgan fingerprint density at radius 2 is 1.74 bits per heavy atom. The van der Waals surface area contributed by atoms with Crippen LogP contribution in [0.25, 0.3) is 11.3 Å². The molecule has 6 nitrogen and oxygen atoms in total. The van der Waals surface area contributed by atoms with Crippen LogP contribution in [0.2, 0.25) is 0 Å². The number of rotatable bonds is 8. The number of anilines is 1. The molecular weight excluding hydrogens is 338 g/mol. The summed E-state index contributed by atoms with van der Waals surface area (Å²) in [6.45, 7) is 9.91. The smallest absolute Gasteiger partial charge is 0.251 e. The van der Waals surface area contributed by atoms with Crippen LogP contribution < -0.4 is 10.2 Å². The highest BCUT2D eigenvalue weighted by atomic mass is 16.1. The summed E-state index contributed by atoms with van der Waals surface area (Å²) in [5.74, 6) is 0.907. The van der Waals surface area contributed by atoms with Gasteiger partial charge in [-0.1, -0.05) is 26.0 Å². The van der Waals surface area contributed by atoms with E-state index in [9.17, 15) is 4.79 Å². The second-order valence-electron chi connectivity index (χ2n) is 6.83. The zero-order valence-electron chi connectivity index (χ0n) is 16.3. The van der Waals surface area contributed by atoms with Crippen LogP contribution in [-0.4, -0.2) is 60.3 Å². The molecule has 1 saturated heterocycles. The van der Waals surface area contributed by atoms with E-state index in [1.165, 1.54) is 12.8 Å². The molecule has 0 radical (unpaired) electrons. The van der Waals surface area contributed by atoms with Crippen molar-refractivity contribution in [2.75, 3.05) is 44.2 Å². The molecule has 27 heavy (non-hydrogen) atoms. The predicted molar refractivity (Wildman–Crippen MR) is 109 cm³/mol. The van der Waals surface area contributed by atoms with Crippen molar-refractivity contribution in [1.82, 2.24) is 20.4 Å². The van der Waals surface area contributed by atoms with Crippen molar-refractivity contribution in [3.8, 4) is 11.3 Å². The number of benzene rings is 1. The monoisotopic (exact) mass is 367 g/mol. The van der Waals surface area contributed by atoms with Gasteiger partial charge >= 0.3 is 0 Å². The maximum absolute atomic E-state index is 12.3. The summed E-state index contributed by atoms with van der Waals surface area (Å²) >= 11 is 0. The molecule has 0 spiro atoms. The Hall–Kier alpha value is -2.47. The summed E-state index contributed by atoms with van der Waals surface area (Å²) in [5.41, 5.74) is 2.46. The summed E-state index contributed by atoms with van der Waals surface area (Å²) in [6.07, 6.45) is 2.45. The molecule has 1 aromatic heterocycles. The van der Waals surface area contributed by atoms with Crippen molar-refractivity contribution in [2.24, 2.45) is 0 Å². The van der Waals surface area contributed by atoms with Gasteiger partial charge in [0.05, 0.1) is 5.69 Å². The number of hydrogen-bond donors (Lipinski definition) is 1. The van der Waals surface area contributed by atoms with Crippen LogP contribution in [0, 0.1) is 0 Å². The molecule has 1 aliphatic rings. The van der Waals surface area contributed by atoms with Gasteiger partial charge in [0, 0.05) is 37.3 Å². The summed E-state index contributed by atoms with van der Waals surface area (Å²) < 4.78 is 0. The zero-order chi connectivity index (χ0) is 19.1. The number of amides is 1. The van der Waals surface area contributed by atoms with Gasteiger partial charge < -0.3 is 15.1 Å². The van der Waals surface area contributed by atoms with E-state index in [4.69, 9.17) is 0 Å². The van der Waals surface area contributed by atoms with Crippen LogP contribution in [0.4, 0.5) is 5.82 Å². The van der Waals surface area contributed by atoms with Crippen molar-refractivity contribution >= 4 is 11.7 Å². The van der Waals surface area contributed by atoms with E-state index < -0.39 is 0 Å². The minimum Gasteiger partial charge on any atom is -0.355 e. The summed E-state index contributed by atoms with van der Waals surface area (Å²) in [5, 5.41) is 11.7. The first-order chi connectivity index (χ1) is 13.2. The molecule has 144 valence electrons. The van der Waals surface area contributed by atoms with Crippen molar-refractivity contribution in [3.05, 3.63) is 42.0 Å². The van der Waals surface area contributed by atoms with Crippen molar-refractivity contribution in [1.29, 1.82) is 0 Å². The summed E-state index contributed by atoms with van der Waals surface area (Å²) in [7, 11) is 0. The van der Waals surface area contributed by atoms with Crippen molar-refractivity contribution in [3.63, 3.8) is 0 Å². The fourth-order valence-corrected chi connectivity index (χ4v) is 3.36. The second kappa shape index (κ2) is 9.46. The van der Waals surface area contributed by atoms with Gasteiger partial charge in [-0.05, 0) is 50.2 Å². The van der Waals surface area contributed by atoms with Crippen LogP contribution in [0.5, 0.6) is 0 Å². The van der Waals surface area contributed by atoms with Gasteiger partial charge in [-0.2, -0.15) is 0 Å². The molecule has 0 saturated carbocycles. The first-order valence-corrected chi connectivity index (χ1v) is 9.91. The first kappa shape index (κ1) is 19.3. The first-order valence-electron chi connectivity index (χ1n) is 9.91. The highest BCUT2D eigenvalue weighted by Crippen LogP contribution is 2.21. The highest BCUT2D eigenvalue weighted by Gasteiger charge is 2.14. The number of nitrogens with one attached hydrogen (secondary N) is 1. The van der Waals surface area contributed by atoms with Crippen LogP contribution in [0.1, 0.15) is 37.0 Å². The number of hydrogen-bond acceptors (Lipinski definition) is 5. The maximum Gasteiger partial charge on any atom is 0.251 e. The number of likely N-dealkylation sites (N-methyl/N-ethyl adjacent to an activating group) is 1. The Bertz CT molecular complexity index is 719. The minimum atomic E-state index is -0.0378. The topological polar surface area (TPSA) is 61.4 Å². The molecule has 0 atom stereocenters. The molecule has 0 aliphatic carbocycles. The normalized spacial score (nSPS) is 14.0. The third-order valence-corrected chi connectivity index (χ3v) is 5.13. The van der Waals surface area contributed by atoms with Gasteiger partial charge in [0.1, 0.15) is 0 Å². The van der Waals surface area contributed by atoms with Crippen LogP contribution in [0.15, 0.2) is 36.4 Å². The Morgan fingerprint density at radius 3 is 2.33 bits per heavy atom. The molecule has 6 heteroatoms. The van der Waals surface area contributed by atoms with Gasteiger partial charge in [0.25, 0.3) is 5.91 Å². The molecule has 1 N–H and O–H groups in total. The summed E-state index contributed by atoms with van der Waals surface area (Å²) in [4.78, 5) is 16.8. The Labute approximate surface area is 161 Å². The molecule has 1 fully saturated rings. The highest BCUT2D eigenvalue weighted by molar-refractivity contribution is 5.94. The van der Waals surface area contributed by atoms with Gasteiger partial charge in [0.15, 0.2) is 5.82 Å². The molecule has 0 bridgehead atoms. The molecule has 1 aromatic carbocycles. The van der Waals surface area contributed by atoms with Gasteiger partial charge in [-0.25, -0.2) is 0 Å². The van der Waals surface area contributed by atoms with E-state index in [0.717, 1.165) is 49.8 Å². The number of aromatic nitrogens is 2. The average molecular weight is 367 g/mol. The quantitative estimate of drug-likeness (QED) is 0.777.